The van der Waals surface area contributed by atoms with E-state index in [1.165, 1.54) is 28.0 Å². The lowest BCUT2D eigenvalue weighted by Crippen LogP contribution is -2.30. The molecule has 0 N–H and O–H groups in total. The van der Waals surface area contributed by atoms with Gasteiger partial charge in [-0.15, -0.1) is 0 Å². The van der Waals surface area contributed by atoms with Gasteiger partial charge in [0.2, 0.25) is 0 Å². The third-order valence-corrected chi connectivity index (χ3v) is 3.97. The molecular weight excluding hydrogens is 244 g/mol. The Morgan fingerprint density at radius 1 is 1.00 bits per heavy atom. The van der Waals surface area contributed by atoms with Gasteiger partial charge < -0.3 is 4.90 Å². The highest BCUT2D eigenvalue weighted by atomic mass is 15.3. The first-order chi connectivity index (χ1) is 9.83. The molecule has 0 saturated carbocycles. The normalized spacial score (nSPS) is 16.4. The summed E-state index contributed by atoms with van der Waals surface area (Å²) in [7, 11) is 0. The predicted octanol–water partition coefficient (Wildman–Crippen LogP) is 3.57. The second-order valence-corrected chi connectivity index (χ2v) is 5.34. The van der Waals surface area contributed by atoms with E-state index >= 15 is 0 Å². The maximum atomic E-state index is 4.69. The summed E-state index contributed by atoms with van der Waals surface area (Å²) in [6.07, 6.45) is 2.28. The van der Waals surface area contributed by atoms with Crippen LogP contribution >= 0.6 is 0 Å². The van der Waals surface area contributed by atoms with Crippen LogP contribution in [0.2, 0.25) is 0 Å². The molecule has 2 heteroatoms. The molecule has 0 aliphatic carbocycles. The molecule has 0 radical (unpaired) electrons. The molecule has 20 heavy (non-hydrogen) atoms. The minimum atomic E-state index is 0.882. The lowest BCUT2D eigenvalue weighted by Gasteiger charge is -2.29. The molecule has 0 fully saturated rings. The van der Waals surface area contributed by atoms with Crippen molar-refractivity contribution in [1.82, 2.24) is 4.90 Å². The quantitative estimate of drug-likeness (QED) is 0.765. The Morgan fingerprint density at radius 3 is 2.65 bits per heavy atom. The van der Waals surface area contributed by atoms with Gasteiger partial charge >= 0.3 is 0 Å². The molecule has 2 aromatic carbocycles. The zero-order valence-corrected chi connectivity index (χ0v) is 11.5. The number of rotatable bonds is 1. The summed E-state index contributed by atoms with van der Waals surface area (Å²) in [6, 6.07) is 17.2. The van der Waals surface area contributed by atoms with Gasteiger partial charge in [-0.1, -0.05) is 54.1 Å². The largest absolute Gasteiger partial charge is 0.324 e. The van der Waals surface area contributed by atoms with E-state index in [0.29, 0.717) is 0 Å². The molecule has 2 heterocycles. The first kappa shape index (κ1) is 11.5. The first-order valence-electron chi connectivity index (χ1n) is 7.03. The number of amidine groups is 1. The smallest absolute Gasteiger partial charge is 0.136 e. The minimum Gasteiger partial charge on any atom is -0.324 e. The van der Waals surface area contributed by atoms with E-state index in [9.17, 15) is 0 Å². The zero-order chi connectivity index (χ0) is 13.5. The van der Waals surface area contributed by atoms with Gasteiger partial charge in [-0.05, 0) is 24.1 Å². The fraction of sp³-hybridized carbons (Fsp3) is 0.167. The Kier molecular flexibility index (Phi) is 2.49. The molecular formula is C18H16N2. The van der Waals surface area contributed by atoms with Crippen molar-refractivity contribution in [3.05, 3.63) is 70.8 Å². The van der Waals surface area contributed by atoms with Crippen LogP contribution in [0.15, 0.2) is 53.5 Å². The zero-order valence-electron chi connectivity index (χ0n) is 11.5. The summed E-state index contributed by atoms with van der Waals surface area (Å²) < 4.78 is 0. The highest BCUT2D eigenvalue weighted by molar-refractivity contribution is 6.12. The van der Waals surface area contributed by atoms with Gasteiger partial charge in [0.1, 0.15) is 5.84 Å². The molecule has 0 bridgehead atoms. The molecule has 98 valence electrons. The van der Waals surface area contributed by atoms with Crippen LogP contribution in [0, 0.1) is 6.92 Å². The van der Waals surface area contributed by atoms with E-state index in [2.05, 4.69) is 66.4 Å². The monoisotopic (exact) mass is 260 g/mol. The Morgan fingerprint density at radius 2 is 1.80 bits per heavy atom. The summed E-state index contributed by atoms with van der Waals surface area (Å²) in [5.74, 6) is 1.12. The first-order valence-corrected chi connectivity index (χ1v) is 7.03. The molecule has 2 aromatic rings. The van der Waals surface area contributed by atoms with E-state index in [0.717, 1.165) is 18.9 Å². The fourth-order valence-electron chi connectivity index (χ4n) is 2.93. The summed E-state index contributed by atoms with van der Waals surface area (Å²) >= 11 is 0. The van der Waals surface area contributed by atoms with E-state index in [4.69, 9.17) is 4.99 Å². The second-order valence-electron chi connectivity index (χ2n) is 5.34. The average Bonchev–Trinajstić information content (AvgIpc) is 2.97. The Labute approximate surface area is 119 Å². The number of benzene rings is 2. The maximum absolute atomic E-state index is 4.69. The van der Waals surface area contributed by atoms with Crippen molar-refractivity contribution < 1.29 is 0 Å². The van der Waals surface area contributed by atoms with Crippen molar-refractivity contribution in [3.63, 3.8) is 0 Å². The van der Waals surface area contributed by atoms with Crippen molar-refractivity contribution in [2.75, 3.05) is 13.1 Å². The topological polar surface area (TPSA) is 15.6 Å². The molecule has 0 amide bonds. The van der Waals surface area contributed by atoms with Crippen molar-refractivity contribution in [2.45, 2.75) is 6.92 Å². The SMILES string of the molecule is Cc1ccc(C2=Cc3ccccc3C3=NCCN23)cc1. The van der Waals surface area contributed by atoms with Crippen molar-refractivity contribution in [2.24, 2.45) is 4.99 Å². The van der Waals surface area contributed by atoms with Crippen LogP contribution in [-0.2, 0) is 0 Å². The van der Waals surface area contributed by atoms with Crippen molar-refractivity contribution in [3.8, 4) is 0 Å². The lowest BCUT2D eigenvalue weighted by molar-refractivity contribution is 0.637. The Balaban J connectivity index is 1.90. The van der Waals surface area contributed by atoms with Crippen LogP contribution in [-0.4, -0.2) is 23.8 Å². The third kappa shape index (κ3) is 1.68. The second kappa shape index (κ2) is 4.34. The van der Waals surface area contributed by atoms with Crippen LogP contribution in [0.1, 0.15) is 22.3 Å². The van der Waals surface area contributed by atoms with Gasteiger partial charge in [0.15, 0.2) is 0 Å². The molecule has 0 unspecified atom stereocenters. The van der Waals surface area contributed by atoms with Crippen molar-refractivity contribution in [1.29, 1.82) is 0 Å². The van der Waals surface area contributed by atoms with Gasteiger partial charge in [-0.2, -0.15) is 0 Å². The van der Waals surface area contributed by atoms with E-state index in [-0.39, 0.29) is 0 Å². The van der Waals surface area contributed by atoms with E-state index in [1.54, 1.807) is 0 Å². The highest BCUT2D eigenvalue weighted by Gasteiger charge is 2.27. The molecule has 0 atom stereocenters. The molecule has 4 rings (SSSR count). The number of hydrogen-bond donors (Lipinski definition) is 0. The summed E-state index contributed by atoms with van der Waals surface area (Å²) in [5, 5.41) is 0. The highest BCUT2D eigenvalue weighted by Crippen LogP contribution is 2.33. The lowest BCUT2D eigenvalue weighted by atomic mass is 9.97. The number of aryl methyl sites for hydroxylation is 1. The molecule has 2 nitrogen and oxygen atoms in total. The van der Waals surface area contributed by atoms with Gasteiger partial charge in [0.25, 0.3) is 0 Å². The van der Waals surface area contributed by atoms with E-state index < -0.39 is 0 Å². The van der Waals surface area contributed by atoms with Crippen LogP contribution in [0.5, 0.6) is 0 Å². The van der Waals surface area contributed by atoms with E-state index in [1.807, 2.05) is 0 Å². The molecule has 2 aliphatic rings. The predicted molar refractivity (Wildman–Crippen MR) is 83.6 cm³/mol. The Bertz CT molecular complexity index is 723. The van der Waals surface area contributed by atoms with Crippen LogP contribution in [0.25, 0.3) is 11.8 Å². The standard InChI is InChI=1S/C18H16N2/c1-13-6-8-14(9-7-13)17-12-15-4-2-3-5-16(15)18-19-10-11-20(17)18/h2-9,12H,10-11H2,1H3. The third-order valence-electron chi connectivity index (χ3n) is 3.97. The number of nitrogens with zero attached hydrogens (tertiary/aromatic N) is 2. The van der Waals surface area contributed by atoms with Gasteiger partial charge in [0.05, 0.1) is 12.2 Å². The number of hydrogen-bond acceptors (Lipinski definition) is 2. The summed E-state index contributed by atoms with van der Waals surface area (Å²) in [6.45, 7) is 3.98. The van der Waals surface area contributed by atoms with Crippen LogP contribution in [0.3, 0.4) is 0 Å². The van der Waals surface area contributed by atoms with Gasteiger partial charge in [0, 0.05) is 12.1 Å². The number of aliphatic imine (C=N–C) groups is 1. The summed E-state index contributed by atoms with van der Waals surface area (Å²) in [4.78, 5) is 7.03. The molecule has 0 spiro atoms. The van der Waals surface area contributed by atoms with Gasteiger partial charge in [-0.3, -0.25) is 4.99 Å². The summed E-state index contributed by atoms with van der Waals surface area (Å²) in [5.41, 5.74) is 6.33. The van der Waals surface area contributed by atoms with Crippen molar-refractivity contribution >= 4 is 17.6 Å². The minimum absolute atomic E-state index is 0.882. The molecule has 2 aliphatic heterocycles. The van der Waals surface area contributed by atoms with Crippen LogP contribution < -0.4 is 0 Å². The molecule has 0 saturated heterocycles. The molecule has 0 aromatic heterocycles. The average molecular weight is 260 g/mol. The van der Waals surface area contributed by atoms with Gasteiger partial charge in [-0.25, -0.2) is 0 Å². The maximum Gasteiger partial charge on any atom is 0.136 e. The Hall–Kier alpha value is -2.35. The fourth-order valence-corrected chi connectivity index (χ4v) is 2.93. The number of fused-ring (bicyclic) bond motifs is 3. The van der Waals surface area contributed by atoms with Crippen LogP contribution in [0.4, 0.5) is 0 Å².